The molecule has 1 aromatic rings. The van der Waals surface area contributed by atoms with Crippen LogP contribution in [0.15, 0.2) is 24.3 Å². The molecule has 110 valence electrons. The van der Waals surface area contributed by atoms with Gasteiger partial charge in [0.1, 0.15) is 11.8 Å². The minimum absolute atomic E-state index is 0.355. The standard InChI is InChI=1S/C14H20N2O4/c1-5-12(13(17)18)16(3)14(19)15(2)10-6-8-11(20-4)9-7-10/h6-9,12H,5H2,1-4H3,(H,17,18). The van der Waals surface area contributed by atoms with Crippen LogP contribution in [0.1, 0.15) is 13.3 Å². The topological polar surface area (TPSA) is 70.1 Å². The highest BCUT2D eigenvalue weighted by molar-refractivity contribution is 5.93. The highest BCUT2D eigenvalue weighted by Crippen LogP contribution is 2.19. The van der Waals surface area contributed by atoms with Crippen molar-refractivity contribution in [1.29, 1.82) is 0 Å². The molecule has 0 spiro atoms. The van der Waals surface area contributed by atoms with Crippen molar-refractivity contribution in [3.05, 3.63) is 24.3 Å². The van der Waals surface area contributed by atoms with Gasteiger partial charge in [-0.25, -0.2) is 9.59 Å². The third-order valence-electron chi connectivity index (χ3n) is 3.19. The SMILES string of the molecule is CCC(C(=O)O)N(C)C(=O)N(C)c1ccc(OC)cc1. The van der Waals surface area contributed by atoms with Crippen molar-refractivity contribution in [1.82, 2.24) is 4.90 Å². The Bertz CT molecular complexity index is 473. The van der Waals surface area contributed by atoms with Crippen molar-refractivity contribution >= 4 is 17.7 Å². The van der Waals surface area contributed by atoms with Gasteiger partial charge in [-0.2, -0.15) is 0 Å². The first-order valence-electron chi connectivity index (χ1n) is 6.29. The largest absolute Gasteiger partial charge is 0.497 e. The van der Waals surface area contributed by atoms with E-state index in [0.29, 0.717) is 17.9 Å². The van der Waals surface area contributed by atoms with Crippen LogP contribution >= 0.6 is 0 Å². The third-order valence-corrected chi connectivity index (χ3v) is 3.19. The molecular formula is C14H20N2O4. The lowest BCUT2D eigenvalue weighted by molar-refractivity contribution is -0.141. The molecule has 6 nitrogen and oxygen atoms in total. The Morgan fingerprint density at radius 1 is 1.25 bits per heavy atom. The van der Waals surface area contributed by atoms with E-state index < -0.39 is 12.0 Å². The molecule has 0 aliphatic carbocycles. The Balaban J connectivity index is 2.86. The first-order chi connectivity index (χ1) is 9.42. The van der Waals surface area contributed by atoms with Crippen molar-refractivity contribution in [3.8, 4) is 5.75 Å². The molecule has 0 bridgehead atoms. The minimum Gasteiger partial charge on any atom is -0.497 e. The van der Waals surface area contributed by atoms with E-state index in [1.165, 1.54) is 16.8 Å². The van der Waals surface area contributed by atoms with Gasteiger partial charge in [0.05, 0.1) is 7.11 Å². The molecule has 0 heterocycles. The van der Waals surface area contributed by atoms with Crippen molar-refractivity contribution < 1.29 is 19.4 Å². The lowest BCUT2D eigenvalue weighted by atomic mass is 10.2. The van der Waals surface area contributed by atoms with Gasteiger partial charge in [-0.05, 0) is 30.7 Å². The van der Waals surface area contributed by atoms with Gasteiger partial charge in [-0.15, -0.1) is 0 Å². The molecule has 0 aliphatic rings. The summed E-state index contributed by atoms with van der Waals surface area (Å²) < 4.78 is 5.05. The number of hydrogen-bond donors (Lipinski definition) is 1. The zero-order valence-corrected chi connectivity index (χ0v) is 12.2. The molecule has 0 aliphatic heterocycles. The summed E-state index contributed by atoms with van der Waals surface area (Å²) in [5, 5.41) is 9.08. The third kappa shape index (κ3) is 3.40. The zero-order chi connectivity index (χ0) is 15.3. The first-order valence-corrected chi connectivity index (χ1v) is 6.29. The van der Waals surface area contributed by atoms with Crippen LogP contribution in [0, 0.1) is 0 Å². The molecule has 0 radical (unpaired) electrons. The number of hydrogen-bond acceptors (Lipinski definition) is 3. The number of rotatable bonds is 5. The molecule has 1 unspecified atom stereocenters. The molecule has 1 atom stereocenters. The van der Waals surface area contributed by atoms with Gasteiger partial charge in [0.2, 0.25) is 0 Å². The summed E-state index contributed by atoms with van der Waals surface area (Å²) in [6.45, 7) is 1.73. The van der Waals surface area contributed by atoms with Crippen LogP contribution in [0.4, 0.5) is 10.5 Å². The fraction of sp³-hybridized carbons (Fsp3) is 0.429. The van der Waals surface area contributed by atoms with Crippen LogP contribution in [0.25, 0.3) is 0 Å². The molecular weight excluding hydrogens is 260 g/mol. The average molecular weight is 280 g/mol. The van der Waals surface area contributed by atoms with Gasteiger partial charge in [-0.1, -0.05) is 6.92 Å². The molecule has 1 N–H and O–H groups in total. The van der Waals surface area contributed by atoms with E-state index in [4.69, 9.17) is 9.84 Å². The zero-order valence-electron chi connectivity index (χ0n) is 12.2. The fourth-order valence-corrected chi connectivity index (χ4v) is 1.90. The monoisotopic (exact) mass is 280 g/mol. The van der Waals surface area contributed by atoms with Gasteiger partial charge in [0.25, 0.3) is 0 Å². The number of methoxy groups -OCH3 is 1. The van der Waals surface area contributed by atoms with E-state index in [1.807, 2.05) is 0 Å². The summed E-state index contributed by atoms with van der Waals surface area (Å²) in [5.41, 5.74) is 0.669. The van der Waals surface area contributed by atoms with Crippen molar-refractivity contribution in [2.75, 3.05) is 26.1 Å². The molecule has 0 saturated heterocycles. The van der Waals surface area contributed by atoms with Gasteiger partial charge in [0, 0.05) is 19.8 Å². The van der Waals surface area contributed by atoms with Crippen LogP contribution in [0.2, 0.25) is 0 Å². The summed E-state index contributed by atoms with van der Waals surface area (Å²) in [4.78, 5) is 26.0. The number of carbonyl (C=O) groups excluding carboxylic acids is 1. The fourth-order valence-electron chi connectivity index (χ4n) is 1.90. The summed E-state index contributed by atoms with van der Waals surface area (Å²) in [7, 11) is 4.66. The number of urea groups is 1. The Morgan fingerprint density at radius 3 is 2.20 bits per heavy atom. The molecule has 6 heteroatoms. The number of anilines is 1. The number of benzene rings is 1. The normalized spacial score (nSPS) is 11.6. The van der Waals surface area contributed by atoms with Crippen LogP contribution in [0.3, 0.4) is 0 Å². The maximum Gasteiger partial charge on any atom is 0.326 e. The number of ether oxygens (including phenoxy) is 1. The molecule has 0 fully saturated rings. The smallest absolute Gasteiger partial charge is 0.326 e. The first kappa shape index (κ1) is 15.8. The van der Waals surface area contributed by atoms with Gasteiger partial charge in [0.15, 0.2) is 0 Å². The average Bonchev–Trinajstić information content (AvgIpc) is 2.46. The summed E-state index contributed by atoms with van der Waals surface area (Å²) in [6, 6.07) is 5.77. The predicted molar refractivity (Wildman–Crippen MR) is 76.3 cm³/mol. The van der Waals surface area contributed by atoms with E-state index in [2.05, 4.69) is 0 Å². The lowest BCUT2D eigenvalue weighted by Crippen LogP contribution is -2.47. The quantitative estimate of drug-likeness (QED) is 0.896. The number of likely N-dealkylation sites (N-methyl/N-ethyl adjacent to an activating group) is 1. The van der Waals surface area contributed by atoms with Crippen LogP contribution in [-0.4, -0.2) is 49.3 Å². The second-order valence-corrected chi connectivity index (χ2v) is 4.41. The van der Waals surface area contributed by atoms with Gasteiger partial charge >= 0.3 is 12.0 Å². The Morgan fingerprint density at radius 2 is 1.80 bits per heavy atom. The second-order valence-electron chi connectivity index (χ2n) is 4.41. The number of carboxylic acid groups (broad SMARTS) is 1. The van der Waals surface area contributed by atoms with Crippen molar-refractivity contribution in [2.45, 2.75) is 19.4 Å². The molecule has 0 saturated carbocycles. The van der Waals surface area contributed by atoms with Crippen LogP contribution in [0.5, 0.6) is 5.75 Å². The lowest BCUT2D eigenvalue weighted by Gasteiger charge is -2.29. The van der Waals surface area contributed by atoms with Crippen molar-refractivity contribution in [2.24, 2.45) is 0 Å². The van der Waals surface area contributed by atoms with Crippen LogP contribution < -0.4 is 9.64 Å². The molecule has 1 rings (SSSR count). The number of carboxylic acids is 1. The van der Waals surface area contributed by atoms with Gasteiger partial charge in [-0.3, -0.25) is 4.90 Å². The summed E-state index contributed by atoms with van der Waals surface area (Å²) >= 11 is 0. The highest BCUT2D eigenvalue weighted by atomic mass is 16.5. The molecule has 2 amide bonds. The maximum atomic E-state index is 12.3. The molecule has 0 aromatic heterocycles. The minimum atomic E-state index is -1.01. The number of nitrogens with zero attached hydrogens (tertiary/aromatic N) is 2. The number of carbonyl (C=O) groups is 2. The van der Waals surface area contributed by atoms with Crippen molar-refractivity contribution in [3.63, 3.8) is 0 Å². The van der Waals surface area contributed by atoms with E-state index >= 15 is 0 Å². The van der Waals surface area contributed by atoms with Crippen LogP contribution in [-0.2, 0) is 4.79 Å². The second kappa shape index (κ2) is 6.79. The van der Waals surface area contributed by atoms with E-state index in [-0.39, 0.29) is 6.03 Å². The van der Waals surface area contributed by atoms with Gasteiger partial charge < -0.3 is 14.7 Å². The predicted octanol–water partition coefficient (Wildman–Crippen LogP) is 2.05. The summed E-state index contributed by atoms with van der Waals surface area (Å²) in [5.74, 6) is -0.314. The Hall–Kier alpha value is -2.24. The highest BCUT2D eigenvalue weighted by Gasteiger charge is 2.27. The Labute approximate surface area is 118 Å². The number of amides is 2. The Kier molecular flexibility index (Phi) is 5.37. The molecule has 1 aromatic carbocycles. The number of aliphatic carboxylic acids is 1. The summed E-state index contributed by atoms with van der Waals surface area (Å²) in [6.07, 6.45) is 0.355. The maximum absolute atomic E-state index is 12.3. The molecule has 20 heavy (non-hydrogen) atoms. The van der Waals surface area contributed by atoms with E-state index in [9.17, 15) is 9.59 Å². The van der Waals surface area contributed by atoms with E-state index in [0.717, 1.165) is 0 Å². The van der Waals surface area contributed by atoms with E-state index in [1.54, 1.807) is 45.3 Å².